The summed E-state index contributed by atoms with van der Waals surface area (Å²) >= 11 is 0. The standard InChI is InChI=1S/C11H12N2O2S/c1-9(13-2)11(8-12)16(14,15)10-6-4-3-5-7-10/h3-7,13H,1-2H3/b11-9+. The molecule has 84 valence electrons. The molecule has 1 aromatic carbocycles. The molecule has 0 saturated heterocycles. The van der Waals surface area contributed by atoms with E-state index in [-0.39, 0.29) is 9.80 Å². The molecular weight excluding hydrogens is 224 g/mol. The van der Waals surface area contributed by atoms with Crippen LogP contribution < -0.4 is 5.32 Å². The number of benzene rings is 1. The zero-order valence-corrected chi connectivity index (χ0v) is 9.88. The van der Waals surface area contributed by atoms with Crippen LogP contribution in [-0.2, 0) is 9.84 Å². The molecule has 0 bridgehead atoms. The Labute approximate surface area is 95.1 Å². The summed E-state index contributed by atoms with van der Waals surface area (Å²) in [4.78, 5) is -0.123. The Balaban J connectivity index is 3.40. The Kier molecular flexibility index (Phi) is 3.69. The van der Waals surface area contributed by atoms with E-state index in [0.717, 1.165) is 0 Å². The summed E-state index contributed by atoms with van der Waals surface area (Å²) in [5, 5.41) is 11.6. The van der Waals surface area contributed by atoms with Crippen LogP contribution in [0.25, 0.3) is 0 Å². The molecule has 0 amide bonds. The third kappa shape index (κ3) is 2.23. The van der Waals surface area contributed by atoms with Gasteiger partial charge in [-0.1, -0.05) is 18.2 Å². The van der Waals surface area contributed by atoms with E-state index in [1.54, 1.807) is 38.2 Å². The molecule has 5 heteroatoms. The van der Waals surface area contributed by atoms with E-state index in [4.69, 9.17) is 5.26 Å². The third-order valence-electron chi connectivity index (χ3n) is 2.14. The zero-order valence-electron chi connectivity index (χ0n) is 9.06. The van der Waals surface area contributed by atoms with E-state index in [0.29, 0.717) is 5.70 Å². The van der Waals surface area contributed by atoms with Crippen LogP contribution in [0.5, 0.6) is 0 Å². The van der Waals surface area contributed by atoms with Gasteiger partial charge in [-0.15, -0.1) is 0 Å². The van der Waals surface area contributed by atoms with Gasteiger partial charge < -0.3 is 5.32 Å². The topological polar surface area (TPSA) is 70.0 Å². The number of rotatable bonds is 3. The highest BCUT2D eigenvalue weighted by Gasteiger charge is 2.22. The smallest absolute Gasteiger partial charge is 0.218 e. The number of allylic oxidation sites excluding steroid dienone is 2. The summed E-state index contributed by atoms with van der Waals surface area (Å²) in [6.45, 7) is 1.55. The number of nitrogens with one attached hydrogen (secondary N) is 1. The lowest BCUT2D eigenvalue weighted by atomic mass is 10.4. The second-order valence-electron chi connectivity index (χ2n) is 3.13. The highest BCUT2D eigenvalue weighted by molar-refractivity contribution is 7.95. The van der Waals surface area contributed by atoms with Crippen molar-refractivity contribution in [2.24, 2.45) is 0 Å². The van der Waals surface area contributed by atoms with Gasteiger partial charge in [0, 0.05) is 12.7 Å². The maximum atomic E-state index is 12.0. The van der Waals surface area contributed by atoms with E-state index in [2.05, 4.69) is 5.32 Å². The summed E-state index contributed by atoms with van der Waals surface area (Å²) in [5.74, 6) is 0. The SMILES string of the molecule is CN/C(C)=C(\C#N)S(=O)(=O)c1ccccc1. The van der Waals surface area contributed by atoms with Crippen LogP contribution in [0.15, 0.2) is 45.8 Å². The fraction of sp³-hybridized carbons (Fsp3) is 0.182. The van der Waals surface area contributed by atoms with Crippen LogP contribution in [0.2, 0.25) is 0 Å². The molecule has 0 radical (unpaired) electrons. The molecule has 0 atom stereocenters. The van der Waals surface area contributed by atoms with Crippen LogP contribution in [0.3, 0.4) is 0 Å². The second-order valence-corrected chi connectivity index (χ2v) is 5.02. The highest BCUT2D eigenvalue weighted by atomic mass is 32.2. The van der Waals surface area contributed by atoms with Crippen LogP contribution >= 0.6 is 0 Å². The van der Waals surface area contributed by atoms with Crippen molar-refractivity contribution < 1.29 is 8.42 Å². The molecule has 1 N–H and O–H groups in total. The van der Waals surface area contributed by atoms with Crippen molar-refractivity contribution in [1.82, 2.24) is 5.32 Å². The van der Waals surface area contributed by atoms with Crippen molar-refractivity contribution in [2.45, 2.75) is 11.8 Å². The Hall–Kier alpha value is -1.80. The van der Waals surface area contributed by atoms with Crippen molar-refractivity contribution in [3.05, 3.63) is 40.9 Å². The Morgan fingerprint density at radius 1 is 1.31 bits per heavy atom. The number of nitriles is 1. The largest absolute Gasteiger partial charge is 0.390 e. The molecule has 0 aliphatic heterocycles. The quantitative estimate of drug-likeness (QED) is 0.806. The molecule has 0 unspecified atom stereocenters. The van der Waals surface area contributed by atoms with Gasteiger partial charge in [0.15, 0.2) is 4.91 Å². The molecule has 1 rings (SSSR count). The minimum absolute atomic E-state index is 0.126. The van der Waals surface area contributed by atoms with Gasteiger partial charge in [-0.05, 0) is 19.1 Å². The van der Waals surface area contributed by atoms with E-state index >= 15 is 0 Å². The summed E-state index contributed by atoms with van der Waals surface area (Å²) in [6, 6.07) is 9.62. The molecular formula is C11H12N2O2S. The number of sulfone groups is 1. The van der Waals surface area contributed by atoms with Gasteiger partial charge in [0.05, 0.1) is 4.90 Å². The molecule has 4 nitrogen and oxygen atoms in total. The van der Waals surface area contributed by atoms with Crippen molar-refractivity contribution >= 4 is 9.84 Å². The van der Waals surface area contributed by atoms with E-state index in [9.17, 15) is 8.42 Å². The maximum absolute atomic E-state index is 12.0. The predicted molar refractivity (Wildman–Crippen MR) is 61.0 cm³/mol. The first-order chi connectivity index (χ1) is 7.54. The second kappa shape index (κ2) is 4.81. The van der Waals surface area contributed by atoms with E-state index in [1.165, 1.54) is 12.1 Å². The molecule has 0 saturated carbocycles. The molecule has 0 aliphatic rings. The first kappa shape index (κ1) is 12.3. The number of nitrogens with zero attached hydrogens (tertiary/aromatic N) is 1. The average molecular weight is 236 g/mol. The molecule has 0 aromatic heterocycles. The van der Waals surface area contributed by atoms with Gasteiger partial charge in [-0.3, -0.25) is 0 Å². The van der Waals surface area contributed by atoms with Crippen molar-refractivity contribution in [3.8, 4) is 6.07 Å². The maximum Gasteiger partial charge on any atom is 0.218 e. The first-order valence-electron chi connectivity index (χ1n) is 4.63. The van der Waals surface area contributed by atoms with Crippen molar-refractivity contribution in [1.29, 1.82) is 5.26 Å². The molecule has 1 aromatic rings. The molecule has 0 aliphatic carbocycles. The minimum Gasteiger partial charge on any atom is -0.390 e. The van der Waals surface area contributed by atoms with Gasteiger partial charge >= 0.3 is 0 Å². The summed E-state index contributed by atoms with van der Waals surface area (Å²) < 4.78 is 24.1. The monoisotopic (exact) mass is 236 g/mol. The molecule has 0 heterocycles. The van der Waals surface area contributed by atoms with Crippen LogP contribution in [0.1, 0.15) is 6.92 Å². The van der Waals surface area contributed by atoms with Gasteiger partial charge in [0.25, 0.3) is 0 Å². The summed E-state index contributed by atoms with van der Waals surface area (Å²) in [7, 11) is -2.13. The van der Waals surface area contributed by atoms with Gasteiger partial charge in [0.1, 0.15) is 6.07 Å². The van der Waals surface area contributed by atoms with Gasteiger partial charge in [-0.25, -0.2) is 8.42 Å². The highest BCUT2D eigenvalue weighted by Crippen LogP contribution is 2.19. The molecule has 0 fully saturated rings. The number of hydrogen-bond acceptors (Lipinski definition) is 4. The summed E-state index contributed by atoms with van der Waals surface area (Å²) in [5.41, 5.74) is 0.339. The Morgan fingerprint density at radius 3 is 2.31 bits per heavy atom. The zero-order chi connectivity index (χ0) is 12.2. The first-order valence-corrected chi connectivity index (χ1v) is 6.11. The van der Waals surface area contributed by atoms with Crippen LogP contribution in [0, 0.1) is 11.3 Å². The van der Waals surface area contributed by atoms with Crippen LogP contribution in [0.4, 0.5) is 0 Å². The lowest BCUT2D eigenvalue weighted by Crippen LogP contribution is -2.12. The Bertz CT molecular complexity index is 539. The van der Waals surface area contributed by atoms with E-state index < -0.39 is 9.84 Å². The van der Waals surface area contributed by atoms with E-state index in [1.807, 2.05) is 0 Å². The lowest BCUT2D eigenvalue weighted by molar-refractivity contribution is 0.602. The Morgan fingerprint density at radius 2 is 1.88 bits per heavy atom. The normalized spacial score (nSPS) is 12.6. The fourth-order valence-corrected chi connectivity index (χ4v) is 2.55. The van der Waals surface area contributed by atoms with Crippen molar-refractivity contribution in [3.63, 3.8) is 0 Å². The fourth-order valence-electron chi connectivity index (χ4n) is 1.18. The minimum atomic E-state index is -3.71. The lowest BCUT2D eigenvalue weighted by Gasteiger charge is -2.06. The summed E-state index contributed by atoms with van der Waals surface area (Å²) in [6.07, 6.45) is 0. The number of hydrogen-bond donors (Lipinski definition) is 1. The van der Waals surface area contributed by atoms with Crippen molar-refractivity contribution in [2.75, 3.05) is 7.05 Å². The average Bonchev–Trinajstić information content (AvgIpc) is 2.30. The third-order valence-corrected chi connectivity index (χ3v) is 3.97. The van der Waals surface area contributed by atoms with Crippen LogP contribution in [-0.4, -0.2) is 15.5 Å². The van der Waals surface area contributed by atoms with Gasteiger partial charge in [-0.2, -0.15) is 5.26 Å². The molecule has 0 spiro atoms. The predicted octanol–water partition coefficient (Wildman–Crippen LogP) is 1.43. The van der Waals surface area contributed by atoms with Gasteiger partial charge in [0.2, 0.25) is 9.84 Å². The molecule has 16 heavy (non-hydrogen) atoms.